The minimum Gasteiger partial charge on any atom is -1.00 e. The summed E-state index contributed by atoms with van der Waals surface area (Å²) in [4.78, 5) is 100. The second-order valence-corrected chi connectivity index (χ2v) is 21.0. The maximum Gasteiger partial charge on any atom is 0.308 e. The molecule has 0 radical (unpaired) electrons. The maximum absolute atomic E-state index is 13.0. The van der Waals surface area contributed by atoms with Gasteiger partial charge < -0.3 is 91.7 Å². The summed E-state index contributed by atoms with van der Waals surface area (Å²) >= 11 is 0. The average molecular weight is 1280 g/mol. The Hall–Kier alpha value is -6.73. The number of aryl methyl sites for hydroxylation is 2. The second kappa shape index (κ2) is 54.2. The second-order valence-electron chi connectivity index (χ2n) is 21.0. The average Bonchev–Trinajstić information content (AvgIpc) is 4.21. The van der Waals surface area contributed by atoms with Crippen molar-refractivity contribution in [1.29, 1.82) is 0 Å². The van der Waals surface area contributed by atoms with Crippen molar-refractivity contribution >= 4 is 47.3 Å². The van der Waals surface area contributed by atoms with Crippen molar-refractivity contribution in [3.63, 3.8) is 0 Å². The number of quaternary nitrogens is 1. The predicted octanol–water partition coefficient (Wildman–Crippen LogP) is -3.96. The molecule has 0 saturated heterocycles. The van der Waals surface area contributed by atoms with E-state index < -0.39 is 53.8 Å². The molecule has 89 heavy (non-hydrogen) atoms. The van der Waals surface area contributed by atoms with Crippen LogP contribution in [0.25, 0.3) is 0 Å². The van der Waals surface area contributed by atoms with Crippen molar-refractivity contribution in [3.8, 4) is 0 Å². The molecule has 510 valence electrons. The maximum atomic E-state index is 13.0. The molecule has 7 amide bonds. The first-order valence-electron chi connectivity index (χ1n) is 30.0. The number of rotatable bonds is 43. The Balaban J connectivity index is -0.00000145. The van der Waals surface area contributed by atoms with Gasteiger partial charge in [0, 0.05) is 85.1 Å². The highest BCUT2D eigenvalue weighted by Crippen LogP contribution is 2.09. The number of ether oxygens (including phenoxy) is 3. The van der Waals surface area contributed by atoms with E-state index in [1.165, 1.54) is 13.8 Å². The van der Waals surface area contributed by atoms with Crippen LogP contribution in [0, 0.1) is 11.8 Å². The Bertz CT molecular complexity index is 2360. The van der Waals surface area contributed by atoms with Crippen LogP contribution in [-0.4, -0.2) is 193 Å². The fourth-order valence-electron chi connectivity index (χ4n) is 7.85. The van der Waals surface area contributed by atoms with Gasteiger partial charge in [-0.2, -0.15) is 0 Å². The molecule has 4 atom stereocenters. The standard InChI is InChI=1S/C28H42N6O6.C25H47N9O5.C4H13N3.2CH4.ClH/c1-5-9-23-18-34(33-32-23)13-15-39-14-12-29-27(37)25(17-26(36)40-19-22-10-7-6-8-11-22)31-28(38)24(16-20(2)3)30-21(4)35;1-5-6-20-17-34(33-32-20)12-14-39-13-11-29-24(37)22(16-23(36)28-10-9-27-8-7-26)31-25(38)21(15-18(2)3)30-19(4)35;5-1-3-7-4-2-6;;;/h6-8,10-11,18,20,24-25H,5,9,12-17,19H2,1-4H3,(H,29,37)(H,30,35)(H,31,38);17-18,21-22,27H,5-16,26H2,1-4H3,(H,28,36)(H,29,37)(H,30,35)(H,31,38);7H,1-6H2;2*1H4;1H/t24-,25+;21-,22+;;;;/m11..../s1. The quantitative estimate of drug-likeness (QED) is 0.0190. The lowest BCUT2D eigenvalue weighted by atomic mass is 10.0. The first-order valence-corrected chi connectivity index (χ1v) is 30.0. The van der Waals surface area contributed by atoms with Crippen LogP contribution in [0.4, 0.5) is 0 Å². The fourth-order valence-corrected chi connectivity index (χ4v) is 7.85. The Morgan fingerprint density at radius 3 is 1.43 bits per heavy atom. The molecule has 0 aliphatic rings. The number of aromatic nitrogens is 6. The first kappa shape index (κ1) is 86.5. The third-order valence-corrected chi connectivity index (χ3v) is 11.9. The van der Waals surface area contributed by atoms with E-state index in [4.69, 9.17) is 25.7 Å². The number of esters is 1. The van der Waals surface area contributed by atoms with Crippen molar-refractivity contribution in [2.75, 3.05) is 91.9 Å². The van der Waals surface area contributed by atoms with Crippen LogP contribution in [0.2, 0.25) is 0 Å². The summed E-state index contributed by atoms with van der Waals surface area (Å²) in [6.45, 7) is 22.7. The minimum atomic E-state index is -1.19. The summed E-state index contributed by atoms with van der Waals surface area (Å²) < 4.78 is 19.9. The number of carbonyl (C=O) groups excluding carboxylic acids is 8. The van der Waals surface area contributed by atoms with E-state index in [1.807, 2.05) is 70.4 Å². The summed E-state index contributed by atoms with van der Waals surface area (Å²) in [5.74, 6) is -3.64. The number of carbonyl (C=O) groups is 8. The molecule has 29 nitrogen and oxygen atoms in total. The van der Waals surface area contributed by atoms with Crippen molar-refractivity contribution in [2.24, 2.45) is 23.3 Å². The van der Waals surface area contributed by atoms with E-state index in [-0.39, 0.29) is 103 Å². The number of benzene rings is 1. The highest BCUT2D eigenvalue weighted by Gasteiger charge is 2.30. The Kier molecular flexibility index (Phi) is 52.7. The fraction of sp³-hybridized carbons (Fsp3) is 0.695. The van der Waals surface area contributed by atoms with Gasteiger partial charge in [0.1, 0.15) is 30.8 Å². The molecule has 3 rings (SSSR count). The van der Waals surface area contributed by atoms with Gasteiger partial charge in [-0.3, -0.25) is 38.4 Å². The summed E-state index contributed by atoms with van der Waals surface area (Å²) in [5.41, 5.74) is 16.7. The minimum absolute atomic E-state index is 0. The lowest BCUT2D eigenvalue weighted by Gasteiger charge is -2.23. The zero-order valence-electron chi connectivity index (χ0n) is 52.6. The summed E-state index contributed by atoms with van der Waals surface area (Å²) in [6.07, 6.45) is 7.66. The zero-order valence-corrected chi connectivity index (χ0v) is 53.4. The van der Waals surface area contributed by atoms with E-state index in [0.29, 0.717) is 65.3 Å². The molecule has 0 saturated carbocycles. The van der Waals surface area contributed by atoms with E-state index in [0.717, 1.165) is 68.8 Å². The number of nitrogens with one attached hydrogen (secondary N) is 9. The van der Waals surface area contributed by atoms with Crippen LogP contribution in [0.5, 0.6) is 0 Å². The molecule has 0 unspecified atom stereocenters. The molecule has 0 aliphatic heterocycles. The third kappa shape index (κ3) is 44.4. The van der Waals surface area contributed by atoms with Gasteiger partial charge in [-0.15, -0.1) is 10.2 Å². The number of halogens is 1. The molecular weight excluding hydrogens is 1170 g/mol. The largest absolute Gasteiger partial charge is 1.00 e. The van der Waals surface area contributed by atoms with Crippen molar-refractivity contribution in [2.45, 2.75) is 165 Å². The van der Waals surface area contributed by atoms with Crippen LogP contribution in [0.3, 0.4) is 0 Å². The summed E-state index contributed by atoms with van der Waals surface area (Å²) in [5, 5.41) is 41.1. The van der Waals surface area contributed by atoms with Crippen molar-refractivity contribution in [1.82, 2.24) is 77.8 Å². The van der Waals surface area contributed by atoms with E-state index in [1.54, 1.807) is 9.36 Å². The third-order valence-electron chi connectivity index (χ3n) is 11.9. The molecule has 2 heterocycles. The first-order chi connectivity index (χ1) is 41.2. The molecule has 1 aromatic carbocycles. The van der Waals surface area contributed by atoms with Crippen molar-refractivity contribution in [3.05, 3.63) is 59.7 Å². The smallest absolute Gasteiger partial charge is 0.308 e. The topological polar surface area (TPSA) is 414 Å². The number of nitrogens with two attached hydrogens (primary N) is 2. The van der Waals surface area contributed by atoms with Crippen LogP contribution < -0.4 is 77.5 Å². The zero-order chi connectivity index (χ0) is 63.9. The predicted molar refractivity (Wildman–Crippen MR) is 337 cm³/mol. The van der Waals surface area contributed by atoms with Gasteiger partial charge in [-0.25, -0.2) is 9.36 Å². The molecule has 16 N–H and O–H groups in total. The number of hydrogen-bond donors (Lipinski definition) is 12. The van der Waals surface area contributed by atoms with Gasteiger partial charge in [0.05, 0.1) is 70.3 Å². The monoisotopic (exact) mass is 1280 g/mol. The Morgan fingerprint density at radius 2 is 1.01 bits per heavy atom. The van der Waals surface area contributed by atoms with Gasteiger partial charge in [-0.1, -0.05) is 110 Å². The van der Waals surface area contributed by atoms with Crippen LogP contribution in [-0.2, 0) is 85.1 Å². The SMILES string of the molecule is C.C.CCCc1cn(CCOCCNC(=O)[C@H](CC(=O)NCCNCC[NH3+])NC(=O)[C@@H](CC(C)C)NC(C)=O)nn1.CCCc1cn(CCOCCNC(=O)[C@H](CC(=O)OCc2ccccc2)NC(=O)[C@@H](CC(C)C)NC(C)=O)nn1.NCCNCCN.[Cl-]. The van der Waals surface area contributed by atoms with E-state index in [2.05, 4.69) is 88.1 Å². The van der Waals surface area contributed by atoms with Gasteiger partial charge in [-0.05, 0) is 43.1 Å². The molecule has 2 aromatic heterocycles. The number of amides is 7. The van der Waals surface area contributed by atoms with Crippen LogP contribution in [0.1, 0.15) is 126 Å². The van der Waals surface area contributed by atoms with Crippen LogP contribution >= 0.6 is 0 Å². The van der Waals surface area contributed by atoms with Gasteiger partial charge >= 0.3 is 5.97 Å². The van der Waals surface area contributed by atoms with Gasteiger partial charge in [0.2, 0.25) is 41.4 Å². The molecular formula is C59H111ClN18O11. The lowest BCUT2D eigenvalue weighted by Crippen LogP contribution is -3.00. The molecule has 30 heteroatoms. The molecule has 0 bridgehead atoms. The number of nitrogens with zero attached hydrogens (tertiary/aromatic N) is 6. The summed E-state index contributed by atoms with van der Waals surface area (Å²) in [7, 11) is 0. The highest BCUT2D eigenvalue weighted by molar-refractivity contribution is 5.95. The summed E-state index contributed by atoms with van der Waals surface area (Å²) in [6, 6.07) is 5.18. The van der Waals surface area contributed by atoms with Crippen LogP contribution in [0.15, 0.2) is 42.7 Å². The normalized spacial score (nSPS) is 11.8. The Labute approximate surface area is 534 Å². The number of hydrogen-bond acceptors (Lipinski definition) is 19. The highest BCUT2D eigenvalue weighted by atomic mass is 35.5. The van der Waals surface area contributed by atoms with Crippen molar-refractivity contribution < 1.29 is 70.7 Å². The molecule has 3 aromatic rings. The molecule has 0 fully saturated rings. The van der Waals surface area contributed by atoms with Gasteiger partial charge in [0.25, 0.3) is 0 Å². The molecule has 0 spiro atoms. The Morgan fingerprint density at radius 1 is 0.562 bits per heavy atom. The lowest BCUT2D eigenvalue weighted by molar-refractivity contribution is -0.365. The van der Waals surface area contributed by atoms with Gasteiger partial charge in [0.15, 0.2) is 0 Å². The van der Waals surface area contributed by atoms with E-state index >= 15 is 0 Å². The molecule has 0 aliphatic carbocycles. The van der Waals surface area contributed by atoms with E-state index in [9.17, 15) is 38.4 Å².